The van der Waals surface area contributed by atoms with Gasteiger partial charge in [-0.25, -0.2) is 0 Å². The number of unbranched alkanes of at least 4 members (excludes halogenated alkanes) is 2. The summed E-state index contributed by atoms with van der Waals surface area (Å²) in [5.41, 5.74) is 14.8. The van der Waals surface area contributed by atoms with Crippen molar-refractivity contribution in [1.82, 2.24) is 0 Å². The molecule has 0 unspecified atom stereocenters. The third kappa shape index (κ3) is 25.1. The highest BCUT2D eigenvalue weighted by atomic mass is 31.2. The van der Waals surface area contributed by atoms with Crippen molar-refractivity contribution in [3.63, 3.8) is 0 Å². The molecule has 0 amide bonds. The van der Waals surface area contributed by atoms with E-state index in [1.165, 1.54) is 0 Å². The van der Waals surface area contributed by atoms with E-state index in [0.717, 1.165) is 0 Å². The molecule has 0 aromatic heterocycles. The average Bonchev–Trinajstić information content (AvgIpc) is 2.14. The van der Waals surface area contributed by atoms with Gasteiger partial charge >= 0.3 is 15.2 Å². The first-order valence-electron chi connectivity index (χ1n) is 5.28. The van der Waals surface area contributed by atoms with Gasteiger partial charge in [-0.05, 0) is 12.8 Å². The molecule has 18 heavy (non-hydrogen) atoms. The van der Waals surface area contributed by atoms with Crippen LogP contribution in [0.2, 0.25) is 0 Å². The predicted molar refractivity (Wildman–Crippen MR) is 68.9 cm³/mol. The molecule has 0 radical (unpaired) electrons. The van der Waals surface area contributed by atoms with Crippen LogP contribution in [-0.4, -0.2) is 44.6 Å². The van der Waals surface area contributed by atoms with Gasteiger partial charge in [0.1, 0.15) is 0 Å². The van der Waals surface area contributed by atoms with Gasteiger partial charge in [0, 0.05) is 18.9 Å². The molecule has 11 heteroatoms. The molecule has 0 aromatic rings. The van der Waals surface area contributed by atoms with Crippen LogP contribution in [0, 0.1) is 0 Å². The average molecular weight is 307 g/mol. The van der Waals surface area contributed by atoms with Crippen molar-refractivity contribution in [2.75, 3.05) is 18.9 Å². The van der Waals surface area contributed by atoms with Crippen molar-refractivity contribution in [1.29, 1.82) is 0 Å². The summed E-state index contributed by atoms with van der Waals surface area (Å²) in [5.74, 6) is 0. The molecule has 0 spiro atoms. The molecule has 0 aliphatic rings. The Labute approximate surface area is 106 Å². The smallest absolute Gasteiger partial charge is 0.325 e. The van der Waals surface area contributed by atoms with Crippen LogP contribution in [0.3, 0.4) is 0 Å². The van der Waals surface area contributed by atoms with E-state index in [9.17, 15) is 9.13 Å². The molecular weight excluding hydrogens is 284 g/mol. The van der Waals surface area contributed by atoms with Gasteiger partial charge in [-0.2, -0.15) is 0 Å². The predicted octanol–water partition coefficient (Wildman–Crippen LogP) is -1.30. The van der Waals surface area contributed by atoms with Crippen LogP contribution in [0.5, 0.6) is 0 Å². The van der Waals surface area contributed by atoms with E-state index in [1.54, 1.807) is 0 Å². The maximum absolute atomic E-state index is 10.3. The molecule has 0 bridgehead atoms. The van der Waals surface area contributed by atoms with Crippen LogP contribution in [0.25, 0.3) is 0 Å². The Hall–Kier alpha value is 0.180. The van der Waals surface area contributed by atoms with Gasteiger partial charge in [-0.3, -0.25) is 9.13 Å². The van der Waals surface area contributed by atoms with Crippen molar-refractivity contribution in [2.24, 2.45) is 17.2 Å². The summed E-state index contributed by atoms with van der Waals surface area (Å²) in [6, 6.07) is 0. The van der Waals surface area contributed by atoms with Gasteiger partial charge in [-0.1, -0.05) is 6.42 Å². The molecule has 9 nitrogen and oxygen atoms in total. The van der Waals surface area contributed by atoms with E-state index >= 15 is 0 Å². The second-order valence-corrected chi connectivity index (χ2v) is 7.29. The van der Waals surface area contributed by atoms with Gasteiger partial charge in [-0.15, -0.1) is 0 Å². The number of rotatable bonds is 7. The van der Waals surface area contributed by atoms with Crippen molar-refractivity contribution >= 4 is 15.2 Å². The first-order chi connectivity index (χ1) is 7.98. The van der Waals surface area contributed by atoms with Crippen LogP contribution >= 0.6 is 15.2 Å². The van der Waals surface area contributed by atoms with Crippen LogP contribution in [0.1, 0.15) is 19.3 Å². The normalized spacial score (nSPS) is 12.2. The Kier molecular flexibility index (Phi) is 11.4. The quantitative estimate of drug-likeness (QED) is 0.170. The minimum absolute atomic E-state index is 0.214. The molecule has 0 saturated carbocycles. The van der Waals surface area contributed by atoms with E-state index in [4.69, 9.17) is 36.8 Å². The largest absolute Gasteiger partial charge is 0.328 e. The Morgan fingerprint density at radius 2 is 1.11 bits per heavy atom. The van der Waals surface area contributed by atoms with E-state index < -0.39 is 15.2 Å². The van der Waals surface area contributed by atoms with Gasteiger partial charge < -0.3 is 36.8 Å². The standard InChI is InChI=1S/C5H14O6P2.C2H9N3/c6-12(7,8)4-2-1-3-5-13(9,10)11;3-1-2(4)5/h1-5H2,(H2,6,7,8)(H2,9,10,11);2H,1,3-5H2. The van der Waals surface area contributed by atoms with Crippen LogP contribution in [-0.2, 0) is 9.13 Å². The Morgan fingerprint density at radius 3 is 1.28 bits per heavy atom. The van der Waals surface area contributed by atoms with E-state index in [-0.39, 0.29) is 18.5 Å². The summed E-state index contributed by atoms with van der Waals surface area (Å²) in [6.07, 6.45) is 0.252. The van der Waals surface area contributed by atoms with E-state index in [2.05, 4.69) is 0 Å². The van der Waals surface area contributed by atoms with Gasteiger partial charge in [0.2, 0.25) is 0 Å². The summed E-state index contributed by atoms with van der Waals surface area (Å²) in [4.78, 5) is 33.7. The Bertz CT molecular complexity index is 265. The van der Waals surface area contributed by atoms with Crippen LogP contribution in [0.15, 0.2) is 0 Å². The second kappa shape index (κ2) is 10.0. The molecule has 10 N–H and O–H groups in total. The molecule has 0 rings (SSSR count). The maximum Gasteiger partial charge on any atom is 0.325 e. The lowest BCUT2D eigenvalue weighted by Gasteiger charge is -2.04. The first-order valence-corrected chi connectivity index (χ1v) is 8.88. The topological polar surface area (TPSA) is 193 Å². The van der Waals surface area contributed by atoms with Crippen molar-refractivity contribution in [3.05, 3.63) is 0 Å². The summed E-state index contributed by atoms with van der Waals surface area (Å²) < 4.78 is 20.7. The summed E-state index contributed by atoms with van der Waals surface area (Å²) in [6.45, 7) is 0.361. The second-order valence-electron chi connectivity index (χ2n) is 3.74. The van der Waals surface area contributed by atoms with Crippen molar-refractivity contribution < 1.29 is 28.7 Å². The van der Waals surface area contributed by atoms with Crippen LogP contribution < -0.4 is 17.2 Å². The lowest BCUT2D eigenvalue weighted by Crippen LogP contribution is -2.37. The number of nitrogens with two attached hydrogens (primary N) is 3. The summed E-state index contributed by atoms with van der Waals surface area (Å²) in [5, 5.41) is 0. The number of hydrogen-bond acceptors (Lipinski definition) is 5. The molecule has 0 aromatic carbocycles. The van der Waals surface area contributed by atoms with Gasteiger partial charge in [0.25, 0.3) is 0 Å². The molecular formula is C7H23N3O6P2. The lowest BCUT2D eigenvalue weighted by molar-refractivity contribution is 0.369. The number of hydrogen-bond donors (Lipinski definition) is 7. The molecule has 0 heterocycles. The summed E-state index contributed by atoms with van der Waals surface area (Å²) in [7, 11) is -7.88. The fourth-order valence-electron chi connectivity index (χ4n) is 0.812. The highest BCUT2D eigenvalue weighted by molar-refractivity contribution is 7.52. The van der Waals surface area contributed by atoms with E-state index in [0.29, 0.717) is 25.8 Å². The first kappa shape index (κ1) is 20.5. The molecule has 112 valence electrons. The molecule has 0 aliphatic carbocycles. The van der Waals surface area contributed by atoms with Crippen molar-refractivity contribution in [3.8, 4) is 0 Å². The third-order valence-electron chi connectivity index (χ3n) is 1.67. The monoisotopic (exact) mass is 307 g/mol. The van der Waals surface area contributed by atoms with Crippen LogP contribution in [0.4, 0.5) is 0 Å². The van der Waals surface area contributed by atoms with E-state index in [1.807, 2.05) is 0 Å². The zero-order valence-corrected chi connectivity index (χ0v) is 11.8. The summed E-state index contributed by atoms with van der Waals surface area (Å²) >= 11 is 0. The molecule has 0 atom stereocenters. The fourth-order valence-corrected chi connectivity index (χ4v) is 2.08. The van der Waals surface area contributed by atoms with Crippen molar-refractivity contribution in [2.45, 2.75) is 25.4 Å². The minimum atomic E-state index is -3.94. The molecule has 0 fully saturated rings. The maximum atomic E-state index is 10.3. The molecule has 0 aliphatic heterocycles. The highest BCUT2D eigenvalue weighted by Crippen LogP contribution is 2.37. The molecule has 0 saturated heterocycles. The third-order valence-corrected chi connectivity index (χ3v) is 3.47. The zero-order chi connectivity index (χ0) is 14.8. The lowest BCUT2D eigenvalue weighted by atomic mass is 10.3. The Balaban J connectivity index is 0. The zero-order valence-electron chi connectivity index (χ0n) is 10.1. The SMILES string of the molecule is NCC(N)N.O=P(O)(O)CCCCCP(=O)(O)O. The highest BCUT2D eigenvalue weighted by Gasteiger charge is 2.14. The van der Waals surface area contributed by atoms with Gasteiger partial charge in [0.15, 0.2) is 0 Å². The fraction of sp³-hybridized carbons (Fsp3) is 1.00. The van der Waals surface area contributed by atoms with Gasteiger partial charge in [0.05, 0.1) is 6.17 Å². The Morgan fingerprint density at radius 1 is 0.833 bits per heavy atom. The minimum Gasteiger partial charge on any atom is -0.328 e.